The van der Waals surface area contributed by atoms with Gasteiger partial charge in [-0.15, -0.1) is 0 Å². The molecule has 0 saturated carbocycles. The molecule has 2 atom stereocenters. The summed E-state index contributed by atoms with van der Waals surface area (Å²) in [5, 5.41) is 19.3. The van der Waals surface area contributed by atoms with E-state index in [1.54, 1.807) is 19.1 Å². The molecule has 1 rings (SSSR count). The predicted octanol–water partition coefficient (Wildman–Crippen LogP) is 2.93. The minimum Gasteiger partial charge on any atom is -0.480 e. The monoisotopic (exact) mass is 309 g/mol. The highest BCUT2D eigenvalue weighted by molar-refractivity contribution is 5.92. The van der Waals surface area contributed by atoms with Crippen LogP contribution in [0.5, 0.6) is 0 Å². The minimum absolute atomic E-state index is 0.155. The molecule has 5 nitrogen and oxygen atoms in total. The second-order valence-corrected chi connectivity index (χ2v) is 5.83. The number of carbonyl (C=O) groups is 2. The number of rotatable bonds is 9. The summed E-state index contributed by atoms with van der Waals surface area (Å²) in [7, 11) is 0. The third-order valence-corrected chi connectivity index (χ3v) is 4.43. The van der Waals surface area contributed by atoms with Crippen LogP contribution in [0.25, 0.3) is 0 Å². The number of hydrogen-bond donors (Lipinski definition) is 2. The molecule has 124 valence electrons. The van der Waals surface area contributed by atoms with E-state index >= 15 is 0 Å². The van der Waals surface area contributed by atoms with Crippen molar-refractivity contribution >= 4 is 11.9 Å². The zero-order valence-corrected chi connectivity index (χ0v) is 13.7. The summed E-state index contributed by atoms with van der Waals surface area (Å²) in [6, 6.07) is 0. The van der Waals surface area contributed by atoms with E-state index in [-0.39, 0.29) is 5.57 Å². The zero-order valence-electron chi connectivity index (χ0n) is 13.7. The van der Waals surface area contributed by atoms with Crippen molar-refractivity contribution in [3.63, 3.8) is 0 Å². The molecule has 0 aromatic carbocycles. The van der Waals surface area contributed by atoms with Crippen molar-refractivity contribution in [3.8, 4) is 0 Å². The largest absolute Gasteiger partial charge is 0.480 e. The number of aliphatic carboxylic acids is 2. The standard InChI is InChI=1S/C17H27NO4/c1-4-6-11-18(12-7-5-2)17(16(21)22)10-8-9-14(13(17)3)15(19)20/h8-10,13H,4-7,11-12H2,1-3H3,(H,19,20)(H,21,22). The van der Waals surface area contributed by atoms with Gasteiger partial charge >= 0.3 is 11.9 Å². The van der Waals surface area contributed by atoms with Crippen LogP contribution in [0.3, 0.4) is 0 Å². The van der Waals surface area contributed by atoms with Gasteiger partial charge in [-0.05, 0) is 25.9 Å². The summed E-state index contributed by atoms with van der Waals surface area (Å²) >= 11 is 0. The number of carboxylic acid groups (broad SMARTS) is 2. The number of allylic oxidation sites excluding steroid dienone is 2. The van der Waals surface area contributed by atoms with Gasteiger partial charge in [0.2, 0.25) is 0 Å². The smallest absolute Gasteiger partial charge is 0.331 e. The Morgan fingerprint density at radius 3 is 2.14 bits per heavy atom. The second-order valence-electron chi connectivity index (χ2n) is 5.83. The fourth-order valence-corrected chi connectivity index (χ4v) is 3.03. The van der Waals surface area contributed by atoms with Gasteiger partial charge in [0, 0.05) is 11.5 Å². The zero-order chi connectivity index (χ0) is 16.8. The molecule has 0 amide bonds. The van der Waals surface area contributed by atoms with Gasteiger partial charge in [0.05, 0.1) is 0 Å². The number of nitrogens with zero attached hydrogens (tertiary/aromatic N) is 1. The molecule has 1 aliphatic carbocycles. The Bertz CT molecular complexity index is 461. The maximum atomic E-state index is 12.1. The van der Waals surface area contributed by atoms with Crippen LogP contribution in [0.1, 0.15) is 46.5 Å². The third kappa shape index (κ3) is 3.58. The van der Waals surface area contributed by atoms with E-state index in [9.17, 15) is 19.8 Å². The fourth-order valence-electron chi connectivity index (χ4n) is 3.03. The average molecular weight is 309 g/mol. The molecule has 2 N–H and O–H groups in total. The first-order valence-corrected chi connectivity index (χ1v) is 8.02. The summed E-state index contributed by atoms with van der Waals surface area (Å²) in [4.78, 5) is 25.5. The lowest BCUT2D eigenvalue weighted by atomic mass is 9.75. The lowest BCUT2D eigenvalue weighted by Crippen LogP contribution is -2.59. The summed E-state index contributed by atoms with van der Waals surface area (Å²) in [5.41, 5.74) is -1.12. The number of hydrogen-bond acceptors (Lipinski definition) is 3. The molecule has 22 heavy (non-hydrogen) atoms. The topological polar surface area (TPSA) is 77.8 Å². The number of carboxylic acids is 2. The SMILES string of the molecule is CCCCN(CCCC)C1(C(=O)O)C=CC=C(C(=O)O)C1C. The van der Waals surface area contributed by atoms with Gasteiger partial charge in [-0.3, -0.25) is 4.90 Å². The van der Waals surface area contributed by atoms with Crippen molar-refractivity contribution in [2.24, 2.45) is 5.92 Å². The third-order valence-electron chi connectivity index (χ3n) is 4.43. The maximum absolute atomic E-state index is 12.1. The van der Waals surface area contributed by atoms with Crippen molar-refractivity contribution in [2.45, 2.75) is 52.0 Å². The molecule has 0 heterocycles. The highest BCUT2D eigenvalue weighted by Crippen LogP contribution is 2.36. The Morgan fingerprint density at radius 1 is 1.18 bits per heavy atom. The number of unbranched alkanes of at least 4 members (excludes halogenated alkanes) is 2. The predicted molar refractivity (Wildman–Crippen MR) is 85.8 cm³/mol. The molecule has 0 saturated heterocycles. The first kappa shape index (κ1) is 18.4. The highest BCUT2D eigenvalue weighted by Gasteiger charge is 2.49. The first-order chi connectivity index (χ1) is 10.4. The van der Waals surface area contributed by atoms with Crippen molar-refractivity contribution in [1.29, 1.82) is 0 Å². The molecular weight excluding hydrogens is 282 g/mol. The van der Waals surface area contributed by atoms with Gasteiger partial charge in [0.25, 0.3) is 0 Å². The van der Waals surface area contributed by atoms with Crippen LogP contribution in [-0.2, 0) is 9.59 Å². The highest BCUT2D eigenvalue weighted by atomic mass is 16.4. The molecule has 0 spiro atoms. The van der Waals surface area contributed by atoms with Gasteiger partial charge in [-0.1, -0.05) is 51.8 Å². The van der Waals surface area contributed by atoms with Crippen LogP contribution >= 0.6 is 0 Å². The summed E-state index contributed by atoms with van der Waals surface area (Å²) in [6.45, 7) is 7.14. The van der Waals surface area contributed by atoms with Gasteiger partial charge in [-0.2, -0.15) is 0 Å². The molecule has 0 aromatic heterocycles. The van der Waals surface area contributed by atoms with E-state index < -0.39 is 23.4 Å². The molecule has 5 heteroatoms. The maximum Gasteiger partial charge on any atom is 0.331 e. The van der Waals surface area contributed by atoms with Crippen molar-refractivity contribution in [3.05, 3.63) is 23.8 Å². The fraction of sp³-hybridized carbons (Fsp3) is 0.647. The summed E-state index contributed by atoms with van der Waals surface area (Å²) in [6.07, 6.45) is 8.46. The van der Waals surface area contributed by atoms with E-state index in [1.807, 2.05) is 4.90 Å². The molecule has 2 unspecified atom stereocenters. The van der Waals surface area contributed by atoms with Crippen LogP contribution in [0, 0.1) is 5.92 Å². The van der Waals surface area contributed by atoms with Crippen LogP contribution in [0.4, 0.5) is 0 Å². The Hall–Kier alpha value is -1.62. The Kier molecular flexibility index (Phi) is 6.81. The van der Waals surface area contributed by atoms with E-state index in [2.05, 4.69) is 13.8 Å². The van der Waals surface area contributed by atoms with Gasteiger partial charge in [0.15, 0.2) is 0 Å². The molecule has 0 aliphatic heterocycles. The average Bonchev–Trinajstić information content (AvgIpc) is 2.47. The van der Waals surface area contributed by atoms with Crippen molar-refractivity contribution in [2.75, 3.05) is 13.1 Å². The molecular formula is C17H27NO4. The van der Waals surface area contributed by atoms with Gasteiger partial charge in [0.1, 0.15) is 5.54 Å². The first-order valence-electron chi connectivity index (χ1n) is 8.02. The van der Waals surface area contributed by atoms with Gasteiger partial charge < -0.3 is 10.2 Å². The minimum atomic E-state index is -1.27. The second kappa shape index (κ2) is 8.13. The van der Waals surface area contributed by atoms with Crippen LogP contribution in [0.15, 0.2) is 23.8 Å². The van der Waals surface area contributed by atoms with E-state index in [4.69, 9.17) is 0 Å². The van der Waals surface area contributed by atoms with Crippen molar-refractivity contribution in [1.82, 2.24) is 4.90 Å². The Morgan fingerprint density at radius 2 is 1.73 bits per heavy atom. The summed E-state index contributed by atoms with van der Waals surface area (Å²) in [5.74, 6) is -2.62. The van der Waals surface area contributed by atoms with E-state index in [0.29, 0.717) is 13.1 Å². The lowest BCUT2D eigenvalue weighted by molar-refractivity contribution is -0.151. The van der Waals surface area contributed by atoms with Crippen LogP contribution in [-0.4, -0.2) is 45.7 Å². The quantitative estimate of drug-likeness (QED) is 0.684. The molecule has 0 radical (unpaired) electrons. The van der Waals surface area contributed by atoms with Crippen molar-refractivity contribution < 1.29 is 19.8 Å². The molecule has 0 fully saturated rings. The van der Waals surface area contributed by atoms with Crippen LogP contribution in [0.2, 0.25) is 0 Å². The molecule has 0 aromatic rings. The molecule has 0 bridgehead atoms. The lowest BCUT2D eigenvalue weighted by Gasteiger charge is -2.44. The summed E-state index contributed by atoms with van der Waals surface area (Å²) < 4.78 is 0. The Balaban J connectivity index is 3.22. The van der Waals surface area contributed by atoms with Gasteiger partial charge in [-0.25, -0.2) is 9.59 Å². The Labute approximate surface area is 132 Å². The van der Waals surface area contributed by atoms with E-state index in [0.717, 1.165) is 25.7 Å². The normalized spacial score (nSPS) is 24.4. The van der Waals surface area contributed by atoms with E-state index in [1.165, 1.54) is 6.08 Å². The van der Waals surface area contributed by atoms with Crippen LogP contribution < -0.4 is 0 Å². The molecule has 1 aliphatic rings.